The summed E-state index contributed by atoms with van der Waals surface area (Å²) < 4.78 is 48.6. The van der Waals surface area contributed by atoms with E-state index in [0.29, 0.717) is 5.56 Å². The van der Waals surface area contributed by atoms with Crippen molar-refractivity contribution in [2.45, 2.75) is 11.0 Å². The summed E-state index contributed by atoms with van der Waals surface area (Å²) in [5.74, 6) is -0.824. The number of benzene rings is 2. The third kappa shape index (κ3) is 4.78. The molecule has 1 aliphatic heterocycles. The normalized spacial score (nSPS) is 15.2. The molecule has 1 atom stereocenters. The lowest BCUT2D eigenvalue weighted by molar-refractivity contribution is 0.0927. The number of hydrogen-bond acceptors (Lipinski definition) is 6. The van der Waals surface area contributed by atoms with Crippen LogP contribution < -0.4 is 19.7 Å². The van der Waals surface area contributed by atoms with Crippen molar-refractivity contribution in [1.29, 1.82) is 0 Å². The van der Waals surface area contributed by atoms with E-state index in [0.717, 1.165) is 28.6 Å². The van der Waals surface area contributed by atoms with E-state index in [9.17, 15) is 22.4 Å². The van der Waals surface area contributed by atoms with Crippen LogP contribution in [0.5, 0.6) is 5.75 Å². The number of carbonyl (C=O) groups is 2. The van der Waals surface area contributed by atoms with Crippen molar-refractivity contribution >= 4 is 33.4 Å². The highest BCUT2D eigenvalue weighted by atomic mass is 32.2. The molecule has 2 heterocycles. The number of fused-ring (bicyclic) bond motifs is 1. The van der Waals surface area contributed by atoms with Crippen LogP contribution >= 0.6 is 0 Å². The number of anilines is 2. The van der Waals surface area contributed by atoms with Crippen molar-refractivity contribution in [3.8, 4) is 5.75 Å². The van der Waals surface area contributed by atoms with Crippen LogP contribution in [-0.2, 0) is 17.1 Å². The lowest BCUT2D eigenvalue weighted by atomic mass is 10.2. The highest BCUT2D eigenvalue weighted by molar-refractivity contribution is 7.92. The number of hydrogen-bond donors (Lipinski definition) is 3. The van der Waals surface area contributed by atoms with E-state index < -0.39 is 33.9 Å². The lowest BCUT2D eigenvalue weighted by Gasteiger charge is -2.35. The Morgan fingerprint density at radius 2 is 1.97 bits per heavy atom. The standard InChI is InChI=1S/C21H20FN5O6S/c1-26-11-13(9-24-26)20(28)23-10-16-12-27(34(31,32)17-5-2-14(22)3-6-17)18-8-15(25-21(29)30)4-7-19(18)33-16/h2-9,11,16,25H,10,12H2,1H3,(H,23,28)(H,29,30). The minimum atomic E-state index is -4.17. The number of aryl methyl sites for hydroxylation is 1. The topological polar surface area (TPSA) is 143 Å². The molecule has 4 rings (SSSR count). The molecular weight excluding hydrogens is 469 g/mol. The zero-order chi connectivity index (χ0) is 24.5. The van der Waals surface area contributed by atoms with Crippen LogP contribution in [0.3, 0.4) is 0 Å². The van der Waals surface area contributed by atoms with Gasteiger partial charge in [0.05, 0.1) is 35.4 Å². The van der Waals surface area contributed by atoms with E-state index in [1.54, 1.807) is 7.05 Å². The average Bonchev–Trinajstić information content (AvgIpc) is 3.23. The molecule has 1 aliphatic rings. The summed E-state index contributed by atoms with van der Waals surface area (Å²) in [5.41, 5.74) is 0.571. The van der Waals surface area contributed by atoms with Crippen molar-refractivity contribution in [2.75, 3.05) is 22.7 Å². The molecule has 1 aromatic heterocycles. The third-order valence-electron chi connectivity index (χ3n) is 5.00. The third-order valence-corrected chi connectivity index (χ3v) is 6.79. The number of rotatable bonds is 6. The summed E-state index contributed by atoms with van der Waals surface area (Å²) in [6, 6.07) is 8.52. The lowest BCUT2D eigenvalue weighted by Crippen LogP contribution is -2.48. The smallest absolute Gasteiger partial charge is 0.409 e. The van der Waals surface area contributed by atoms with E-state index in [2.05, 4.69) is 15.7 Å². The molecular formula is C21H20FN5O6S. The van der Waals surface area contributed by atoms with Crippen LogP contribution in [0, 0.1) is 5.82 Å². The Hall–Kier alpha value is -4.13. The van der Waals surface area contributed by atoms with Gasteiger partial charge in [-0.15, -0.1) is 0 Å². The fourth-order valence-electron chi connectivity index (χ4n) is 3.43. The van der Waals surface area contributed by atoms with Gasteiger partial charge < -0.3 is 15.2 Å². The molecule has 0 bridgehead atoms. The maximum absolute atomic E-state index is 13.4. The number of halogens is 1. The first-order chi connectivity index (χ1) is 16.1. The Morgan fingerprint density at radius 3 is 2.62 bits per heavy atom. The van der Waals surface area contributed by atoms with E-state index in [1.165, 1.54) is 35.3 Å². The number of nitrogens with zero attached hydrogens (tertiary/aromatic N) is 3. The Kier molecular flexibility index (Phi) is 6.11. The Balaban J connectivity index is 1.64. The summed E-state index contributed by atoms with van der Waals surface area (Å²) >= 11 is 0. The number of nitrogens with one attached hydrogen (secondary N) is 2. The average molecular weight is 489 g/mol. The van der Waals surface area contributed by atoms with Gasteiger partial charge in [-0.1, -0.05) is 0 Å². The van der Waals surface area contributed by atoms with Gasteiger partial charge in [-0.3, -0.25) is 19.1 Å². The van der Waals surface area contributed by atoms with Gasteiger partial charge in [0.2, 0.25) is 0 Å². The summed E-state index contributed by atoms with van der Waals surface area (Å²) in [6.07, 6.45) is 0.853. The van der Waals surface area contributed by atoms with Crippen LogP contribution in [0.15, 0.2) is 59.8 Å². The number of sulfonamides is 1. The van der Waals surface area contributed by atoms with Gasteiger partial charge in [0, 0.05) is 18.9 Å². The van der Waals surface area contributed by atoms with Crippen LogP contribution in [0.2, 0.25) is 0 Å². The Bertz CT molecular complexity index is 1340. The predicted molar refractivity (Wildman–Crippen MR) is 119 cm³/mol. The van der Waals surface area contributed by atoms with E-state index in [1.807, 2.05) is 0 Å². The molecule has 3 aromatic rings. The van der Waals surface area contributed by atoms with Gasteiger partial charge >= 0.3 is 6.09 Å². The summed E-state index contributed by atoms with van der Waals surface area (Å²) in [6.45, 7) is -0.200. The molecule has 0 spiro atoms. The van der Waals surface area contributed by atoms with Crippen LogP contribution in [0.1, 0.15) is 10.4 Å². The molecule has 0 radical (unpaired) electrons. The van der Waals surface area contributed by atoms with Gasteiger partial charge in [-0.25, -0.2) is 17.6 Å². The fourth-order valence-corrected chi connectivity index (χ4v) is 4.93. The molecule has 34 heavy (non-hydrogen) atoms. The van der Waals surface area contributed by atoms with Crippen molar-refractivity contribution in [3.63, 3.8) is 0 Å². The second kappa shape index (κ2) is 9.02. The Morgan fingerprint density at radius 1 is 1.24 bits per heavy atom. The second-order valence-corrected chi connectivity index (χ2v) is 9.32. The molecule has 3 N–H and O–H groups in total. The van der Waals surface area contributed by atoms with E-state index >= 15 is 0 Å². The largest absolute Gasteiger partial charge is 0.484 e. The van der Waals surface area contributed by atoms with Crippen LogP contribution in [-0.4, -0.2) is 54.5 Å². The predicted octanol–water partition coefficient (Wildman–Crippen LogP) is 2.04. The maximum Gasteiger partial charge on any atom is 0.409 e. The Labute approximate surface area is 193 Å². The molecule has 0 saturated carbocycles. The van der Waals surface area contributed by atoms with E-state index in [-0.39, 0.29) is 35.1 Å². The quantitative estimate of drug-likeness (QED) is 0.481. The number of amides is 2. The zero-order valence-electron chi connectivity index (χ0n) is 17.8. The van der Waals surface area contributed by atoms with Gasteiger partial charge in [-0.05, 0) is 42.5 Å². The fraction of sp³-hybridized carbons (Fsp3) is 0.190. The number of carbonyl (C=O) groups excluding carboxylic acids is 1. The molecule has 0 aliphatic carbocycles. The second-order valence-electron chi connectivity index (χ2n) is 7.46. The van der Waals surface area contributed by atoms with Gasteiger partial charge in [0.1, 0.15) is 17.7 Å². The van der Waals surface area contributed by atoms with Gasteiger partial charge in [0.15, 0.2) is 0 Å². The first-order valence-corrected chi connectivity index (χ1v) is 11.4. The zero-order valence-corrected chi connectivity index (χ0v) is 18.6. The minimum absolute atomic E-state index is 0.0161. The maximum atomic E-state index is 13.4. The highest BCUT2D eigenvalue weighted by Gasteiger charge is 2.35. The molecule has 1 unspecified atom stereocenters. The number of aromatic nitrogens is 2. The number of ether oxygens (including phenoxy) is 1. The van der Waals surface area contributed by atoms with Crippen molar-refractivity contribution in [2.24, 2.45) is 7.05 Å². The van der Waals surface area contributed by atoms with Crippen molar-refractivity contribution in [1.82, 2.24) is 15.1 Å². The summed E-state index contributed by atoms with van der Waals surface area (Å²) in [7, 11) is -2.50. The monoisotopic (exact) mass is 489 g/mol. The molecule has 0 fully saturated rings. The van der Waals surface area contributed by atoms with Gasteiger partial charge in [-0.2, -0.15) is 5.10 Å². The summed E-state index contributed by atoms with van der Waals surface area (Å²) in [5, 5.41) is 17.8. The first-order valence-electron chi connectivity index (χ1n) is 9.99. The SMILES string of the molecule is Cn1cc(C(=O)NCC2CN(S(=O)(=O)c3ccc(F)cc3)c3cc(NC(=O)O)ccc3O2)cn1. The van der Waals surface area contributed by atoms with Crippen LogP contribution in [0.4, 0.5) is 20.6 Å². The van der Waals surface area contributed by atoms with Crippen molar-refractivity contribution < 1.29 is 32.2 Å². The highest BCUT2D eigenvalue weighted by Crippen LogP contribution is 2.39. The molecule has 0 saturated heterocycles. The molecule has 2 amide bonds. The van der Waals surface area contributed by atoms with Crippen LogP contribution in [0.25, 0.3) is 0 Å². The number of carboxylic acid groups (broad SMARTS) is 1. The van der Waals surface area contributed by atoms with Gasteiger partial charge in [0.25, 0.3) is 15.9 Å². The molecule has 13 heteroatoms. The first kappa shape index (κ1) is 23.0. The summed E-state index contributed by atoms with van der Waals surface area (Å²) in [4.78, 5) is 23.3. The minimum Gasteiger partial charge on any atom is -0.484 e. The molecule has 2 aromatic carbocycles. The van der Waals surface area contributed by atoms with E-state index in [4.69, 9.17) is 9.84 Å². The van der Waals surface area contributed by atoms with Crippen molar-refractivity contribution in [3.05, 3.63) is 66.2 Å². The molecule has 178 valence electrons. The molecule has 11 nitrogen and oxygen atoms in total.